The van der Waals surface area contributed by atoms with Crippen molar-refractivity contribution in [1.82, 2.24) is 15.1 Å². The zero-order valence-corrected chi connectivity index (χ0v) is 16.2. The number of fused-ring (bicyclic) bond motifs is 1. The Labute approximate surface area is 162 Å². The Kier molecular flexibility index (Phi) is 5.51. The van der Waals surface area contributed by atoms with Crippen molar-refractivity contribution in [3.63, 3.8) is 0 Å². The summed E-state index contributed by atoms with van der Waals surface area (Å²) >= 11 is 5.47. The number of halogens is 2. The Balaban J connectivity index is 1.98. The van der Waals surface area contributed by atoms with Gasteiger partial charge in [0.1, 0.15) is 11.9 Å². The van der Waals surface area contributed by atoms with Crippen LogP contribution in [0.2, 0.25) is 0 Å². The van der Waals surface area contributed by atoms with Gasteiger partial charge in [-0.25, -0.2) is 9.07 Å². The van der Waals surface area contributed by atoms with Crippen LogP contribution in [-0.4, -0.2) is 33.1 Å². The maximum Gasteiger partial charge on any atom is 0.314 e. The number of nitrogens with zero attached hydrogens (tertiary/aromatic N) is 3. The van der Waals surface area contributed by atoms with E-state index < -0.39 is 11.4 Å². The van der Waals surface area contributed by atoms with Crippen LogP contribution < -0.4 is 10.2 Å². The van der Waals surface area contributed by atoms with Crippen LogP contribution in [0.15, 0.2) is 30.5 Å². The zero-order chi connectivity index (χ0) is 19.7. The van der Waals surface area contributed by atoms with Crippen LogP contribution in [-0.2, 0) is 11.2 Å². The highest BCUT2D eigenvalue weighted by Crippen LogP contribution is 2.33. The minimum absolute atomic E-state index is 0.0376. The van der Waals surface area contributed by atoms with Gasteiger partial charge in [-0.2, -0.15) is 5.10 Å². The van der Waals surface area contributed by atoms with E-state index in [1.807, 2.05) is 20.8 Å². The average molecular weight is 393 g/mol. The average Bonchev–Trinajstić information content (AvgIpc) is 3.03. The number of aromatic nitrogens is 2. The molecule has 0 saturated carbocycles. The molecule has 2 heterocycles. The summed E-state index contributed by atoms with van der Waals surface area (Å²) in [5.41, 5.74) is 2.32. The van der Waals surface area contributed by atoms with Crippen molar-refractivity contribution in [2.24, 2.45) is 5.92 Å². The van der Waals surface area contributed by atoms with E-state index in [9.17, 15) is 14.0 Å². The van der Waals surface area contributed by atoms with Gasteiger partial charge in [0.15, 0.2) is 0 Å². The number of hydrogen-bond donors (Lipinski definition) is 1. The molecule has 0 saturated heterocycles. The predicted octanol–water partition coefficient (Wildman–Crippen LogP) is 3.65. The number of anilines is 1. The van der Waals surface area contributed by atoms with E-state index in [2.05, 4.69) is 10.4 Å². The molecular formula is C19H22ClFN4O2. The van der Waals surface area contributed by atoms with E-state index in [0.29, 0.717) is 5.69 Å². The lowest BCUT2D eigenvalue weighted by atomic mass is 9.97. The molecule has 0 radical (unpaired) electrons. The van der Waals surface area contributed by atoms with Crippen molar-refractivity contribution in [2.45, 2.75) is 45.7 Å². The van der Waals surface area contributed by atoms with Crippen molar-refractivity contribution in [1.29, 1.82) is 0 Å². The fraction of sp³-hybridized carbons (Fsp3) is 0.421. The summed E-state index contributed by atoms with van der Waals surface area (Å²) < 4.78 is 15.0. The molecule has 2 aromatic rings. The van der Waals surface area contributed by atoms with Crippen LogP contribution in [0.25, 0.3) is 5.69 Å². The fourth-order valence-corrected chi connectivity index (χ4v) is 3.56. The van der Waals surface area contributed by atoms with Crippen LogP contribution in [0.3, 0.4) is 0 Å². The number of amides is 2. The second kappa shape index (κ2) is 7.68. The molecule has 1 N–H and O–H groups in total. The largest absolute Gasteiger partial charge is 0.331 e. The van der Waals surface area contributed by atoms with E-state index >= 15 is 0 Å². The lowest BCUT2D eigenvalue weighted by molar-refractivity contribution is -0.121. The first-order valence-electron chi connectivity index (χ1n) is 8.91. The number of carbonyl (C=O) groups is 2. The van der Waals surface area contributed by atoms with Crippen LogP contribution in [0, 0.1) is 11.7 Å². The van der Waals surface area contributed by atoms with Gasteiger partial charge in [0.05, 0.1) is 23.3 Å². The topological polar surface area (TPSA) is 67.2 Å². The number of benzene rings is 1. The quantitative estimate of drug-likeness (QED) is 0.638. The minimum atomic E-state index is -0.756. The van der Waals surface area contributed by atoms with Crippen molar-refractivity contribution in [3.05, 3.63) is 42.0 Å². The molecule has 3 rings (SSSR count). The Hall–Kier alpha value is -2.41. The summed E-state index contributed by atoms with van der Waals surface area (Å²) in [6.45, 7) is 5.68. The highest BCUT2D eigenvalue weighted by Gasteiger charge is 2.36. The third kappa shape index (κ3) is 3.83. The first kappa shape index (κ1) is 19.4. The van der Waals surface area contributed by atoms with Crippen molar-refractivity contribution < 1.29 is 14.0 Å². The van der Waals surface area contributed by atoms with Gasteiger partial charge in [0.2, 0.25) is 5.91 Å². The monoisotopic (exact) mass is 392 g/mol. The van der Waals surface area contributed by atoms with Crippen LogP contribution >= 0.6 is 11.6 Å². The SMILES string of the molecule is CC(C)[C@@H](NC(=O)Cl)C(=O)N1c2cnn(-c3ccc(F)cc3)c2CCC1C. The second-order valence-corrected chi connectivity index (χ2v) is 7.44. The summed E-state index contributed by atoms with van der Waals surface area (Å²) in [4.78, 5) is 26.2. The third-order valence-corrected chi connectivity index (χ3v) is 4.97. The van der Waals surface area contributed by atoms with E-state index in [0.717, 1.165) is 24.2 Å². The second-order valence-electron chi connectivity index (χ2n) is 7.10. The number of hydrogen-bond acceptors (Lipinski definition) is 3. The van der Waals surface area contributed by atoms with Crippen LogP contribution in [0.1, 0.15) is 32.9 Å². The highest BCUT2D eigenvalue weighted by molar-refractivity contribution is 6.63. The first-order chi connectivity index (χ1) is 12.8. The van der Waals surface area contributed by atoms with Gasteiger partial charge in [-0.3, -0.25) is 9.59 Å². The van der Waals surface area contributed by atoms with E-state index in [1.165, 1.54) is 12.1 Å². The number of carbonyl (C=O) groups excluding carboxylic acids is 2. The third-order valence-electron chi connectivity index (χ3n) is 4.86. The fourth-order valence-electron chi connectivity index (χ4n) is 3.44. The molecule has 1 aromatic carbocycles. The molecule has 6 nitrogen and oxygen atoms in total. The Morgan fingerprint density at radius 1 is 1.30 bits per heavy atom. The summed E-state index contributed by atoms with van der Waals surface area (Å²) in [7, 11) is 0. The van der Waals surface area contributed by atoms with Gasteiger partial charge < -0.3 is 10.2 Å². The summed E-state index contributed by atoms with van der Waals surface area (Å²) in [5, 5.41) is 6.20. The van der Waals surface area contributed by atoms with E-state index in [4.69, 9.17) is 11.6 Å². The lowest BCUT2D eigenvalue weighted by Crippen LogP contribution is -2.54. The van der Waals surface area contributed by atoms with Crippen molar-refractivity contribution in [3.8, 4) is 5.69 Å². The Bertz CT molecular complexity index is 850. The van der Waals surface area contributed by atoms with Gasteiger partial charge in [0.25, 0.3) is 0 Å². The maximum atomic E-state index is 13.2. The molecular weight excluding hydrogens is 371 g/mol. The molecule has 0 fully saturated rings. The van der Waals surface area contributed by atoms with E-state index in [1.54, 1.807) is 27.9 Å². The lowest BCUT2D eigenvalue weighted by Gasteiger charge is -2.36. The van der Waals surface area contributed by atoms with Crippen LogP contribution in [0.5, 0.6) is 0 Å². The number of nitrogens with one attached hydrogen (secondary N) is 1. The zero-order valence-electron chi connectivity index (χ0n) is 15.4. The summed E-state index contributed by atoms with van der Waals surface area (Å²) in [6.07, 6.45) is 3.14. The Morgan fingerprint density at radius 3 is 2.56 bits per heavy atom. The molecule has 2 atom stereocenters. The summed E-state index contributed by atoms with van der Waals surface area (Å²) in [5.74, 6) is -0.655. The van der Waals surface area contributed by atoms with Gasteiger partial charge in [-0.15, -0.1) is 0 Å². The first-order valence-corrected chi connectivity index (χ1v) is 9.29. The van der Waals surface area contributed by atoms with Gasteiger partial charge in [-0.1, -0.05) is 13.8 Å². The van der Waals surface area contributed by atoms with Gasteiger partial charge >= 0.3 is 5.37 Å². The molecule has 2 amide bonds. The molecule has 1 aliphatic rings. The van der Waals surface area contributed by atoms with Crippen LogP contribution in [0.4, 0.5) is 14.9 Å². The van der Waals surface area contributed by atoms with Gasteiger partial charge in [-0.05, 0) is 61.5 Å². The van der Waals surface area contributed by atoms with Gasteiger partial charge in [0, 0.05) is 6.04 Å². The Morgan fingerprint density at radius 2 is 1.96 bits per heavy atom. The molecule has 1 unspecified atom stereocenters. The smallest absolute Gasteiger partial charge is 0.314 e. The summed E-state index contributed by atoms with van der Waals surface area (Å²) in [6, 6.07) is 5.29. The standard InChI is InChI=1S/C19H22ClFN4O2/c1-11(2)17(23-19(20)27)18(26)24-12(3)4-9-15-16(24)10-22-25(15)14-7-5-13(21)6-8-14/h5-8,10-12,17H,4,9H2,1-3H3,(H,23,27)/t12?,17-/m1/s1. The number of rotatable bonds is 4. The molecule has 0 bridgehead atoms. The molecule has 144 valence electrons. The molecule has 1 aliphatic heterocycles. The highest BCUT2D eigenvalue weighted by atomic mass is 35.5. The van der Waals surface area contributed by atoms with E-state index in [-0.39, 0.29) is 23.7 Å². The molecule has 8 heteroatoms. The molecule has 0 spiro atoms. The van der Waals surface area contributed by atoms with Crippen molar-refractivity contribution in [2.75, 3.05) is 4.90 Å². The normalized spacial score (nSPS) is 17.6. The molecule has 0 aliphatic carbocycles. The molecule has 27 heavy (non-hydrogen) atoms. The minimum Gasteiger partial charge on any atom is -0.331 e. The maximum absolute atomic E-state index is 13.2. The predicted molar refractivity (Wildman–Crippen MR) is 102 cm³/mol. The molecule has 1 aromatic heterocycles. The van der Waals surface area contributed by atoms with Crippen molar-refractivity contribution >= 4 is 28.6 Å².